The summed E-state index contributed by atoms with van der Waals surface area (Å²) in [7, 11) is -1.97. The Kier molecular flexibility index (Phi) is 5.58. The van der Waals surface area contributed by atoms with Crippen LogP contribution in [-0.4, -0.2) is 22.1 Å². The standard InChI is InChI=1S/C18H22ClNO3S/c1-13-11-16(9-10-17(13)19)24(21,22)20-12-18(2,3)14-5-7-15(23-4)8-6-14/h5-11,20H,12H2,1-4H3. The van der Waals surface area contributed by atoms with Crippen molar-refractivity contribution in [3.63, 3.8) is 0 Å². The summed E-state index contributed by atoms with van der Waals surface area (Å²) >= 11 is 5.96. The fourth-order valence-corrected chi connectivity index (χ4v) is 3.70. The first-order chi connectivity index (χ1) is 11.2. The number of ether oxygens (including phenoxy) is 1. The number of hydrogen-bond acceptors (Lipinski definition) is 3. The highest BCUT2D eigenvalue weighted by Crippen LogP contribution is 2.25. The van der Waals surface area contributed by atoms with Crippen molar-refractivity contribution in [1.82, 2.24) is 4.72 Å². The van der Waals surface area contributed by atoms with Gasteiger partial charge in [0.05, 0.1) is 12.0 Å². The van der Waals surface area contributed by atoms with Crippen LogP contribution < -0.4 is 9.46 Å². The third kappa shape index (κ3) is 4.29. The minimum Gasteiger partial charge on any atom is -0.497 e. The van der Waals surface area contributed by atoms with Gasteiger partial charge >= 0.3 is 0 Å². The highest BCUT2D eigenvalue weighted by atomic mass is 35.5. The maximum absolute atomic E-state index is 12.5. The summed E-state index contributed by atoms with van der Waals surface area (Å²) in [6.45, 7) is 6.04. The maximum atomic E-state index is 12.5. The Morgan fingerprint density at radius 3 is 2.29 bits per heavy atom. The quantitative estimate of drug-likeness (QED) is 0.842. The molecule has 1 N–H and O–H groups in total. The molecule has 0 saturated carbocycles. The number of nitrogens with one attached hydrogen (secondary N) is 1. The van der Waals surface area contributed by atoms with E-state index in [1.807, 2.05) is 38.1 Å². The zero-order valence-electron chi connectivity index (χ0n) is 14.3. The van der Waals surface area contributed by atoms with Gasteiger partial charge in [-0.05, 0) is 48.4 Å². The normalized spacial score (nSPS) is 12.2. The Morgan fingerprint density at radius 1 is 1.12 bits per heavy atom. The molecule has 0 atom stereocenters. The van der Waals surface area contributed by atoms with E-state index in [2.05, 4.69) is 4.72 Å². The number of rotatable bonds is 6. The number of methoxy groups -OCH3 is 1. The van der Waals surface area contributed by atoms with Crippen molar-refractivity contribution in [2.45, 2.75) is 31.1 Å². The first kappa shape index (κ1) is 18.8. The highest BCUT2D eigenvalue weighted by molar-refractivity contribution is 7.89. The molecule has 0 amide bonds. The van der Waals surface area contributed by atoms with Crippen LogP contribution in [0, 0.1) is 6.92 Å². The predicted molar refractivity (Wildman–Crippen MR) is 97.4 cm³/mol. The molecule has 4 nitrogen and oxygen atoms in total. The Morgan fingerprint density at radius 2 is 1.75 bits per heavy atom. The van der Waals surface area contributed by atoms with Gasteiger partial charge in [0.15, 0.2) is 0 Å². The summed E-state index contributed by atoms with van der Waals surface area (Å²) in [4.78, 5) is 0.218. The Bertz CT molecular complexity index is 815. The Balaban J connectivity index is 2.15. The fourth-order valence-electron chi connectivity index (χ4n) is 2.29. The Hall–Kier alpha value is -1.56. The van der Waals surface area contributed by atoms with Gasteiger partial charge in [-0.2, -0.15) is 0 Å². The predicted octanol–water partition coefficient (Wildman–Crippen LogP) is 3.91. The number of halogens is 1. The summed E-state index contributed by atoms with van der Waals surface area (Å²) in [5.74, 6) is 0.770. The first-order valence-electron chi connectivity index (χ1n) is 7.56. The van der Waals surface area contributed by atoms with E-state index < -0.39 is 10.0 Å². The van der Waals surface area contributed by atoms with Crippen molar-refractivity contribution in [2.75, 3.05) is 13.7 Å². The molecule has 0 aliphatic rings. The monoisotopic (exact) mass is 367 g/mol. The van der Waals surface area contributed by atoms with Gasteiger partial charge < -0.3 is 4.74 Å². The smallest absolute Gasteiger partial charge is 0.240 e. The molecule has 130 valence electrons. The molecule has 2 rings (SSSR count). The van der Waals surface area contributed by atoms with Crippen LogP contribution in [0.2, 0.25) is 5.02 Å². The molecule has 0 fully saturated rings. The molecule has 0 heterocycles. The lowest BCUT2D eigenvalue weighted by molar-refractivity contribution is 0.414. The lowest BCUT2D eigenvalue weighted by atomic mass is 9.85. The molecule has 0 unspecified atom stereocenters. The van der Waals surface area contributed by atoms with Gasteiger partial charge in [-0.25, -0.2) is 13.1 Å². The van der Waals surface area contributed by atoms with Crippen molar-refractivity contribution in [3.05, 3.63) is 58.6 Å². The maximum Gasteiger partial charge on any atom is 0.240 e. The number of sulfonamides is 1. The largest absolute Gasteiger partial charge is 0.497 e. The van der Waals surface area contributed by atoms with Gasteiger partial charge in [-0.1, -0.05) is 37.6 Å². The van der Waals surface area contributed by atoms with Gasteiger partial charge in [0.1, 0.15) is 5.75 Å². The highest BCUT2D eigenvalue weighted by Gasteiger charge is 2.24. The summed E-state index contributed by atoms with van der Waals surface area (Å²) in [5, 5.41) is 0.549. The van der Waals surface area contributed by atoms with Crippen molar-refractivity contribution in [2.24, 2.45) is 0 Å². The molecular formula is C18H22ClNO3S. The molecule has 24 heavy (non-hydrogen) atoms. The van der Waals surface area contributed by atoms with Crippen LogP contribution in [0.5, 0.6) is 5.75 Å². The zero-order valence-corrected chi connectivity index (χ0v) is 15.8. The summed E-state index contributed by atoms with van der Waals surface area (Å²) in [6.07, 6.45) is 0. The molecule has 2 aromatic carbocycles. The summed E-state index contributed by atoms with van der Waals surface area (Å²) < 4.78 is 32.8. The van der Waals surface area contributed by atoms with E-state index >= 15 is 0 Å². The molecule has 6 heteroatoms. The van der Waals surface area contributed by atoms with E-state index in [1.165, 1.54) is 6.07 Å². The molecular weight excluding hydrogens is 346 g/mol. The SMILES string of the molecule is COc1ccc(C(C)(C)CNS(=O)(=O)c2ccc(Cl)c(C)c2)cc1. The van der Waals surface area contributed by atoms with Crippen LogP contribution in [0.25, 0.3) is 0 Å². The van der Waals surface area contributed by atoms with Crippen LogP contribution in [0.3, 0.4) is 0 Å². The average Bonchev–Trinajstić information content (AvgIpc) is 2.55. The molecule has 0 saturated heterocycles. The van der Waals surface area contributed by atoms with Crippen molar-refractivity contribution in [3.8, 4) is 5.75 Å². The van der Waals surface area contributed by atoms with Gasteiger partial charge in [0.2, 0.25) is 10.0 Å². The van der Waals surface area contributed by atoms with Crippen LogP contribution >= 0.6 is 11.6 Å². The second-order valence-corrected chi connectivity index (χ2v) is 8.52. The van der Waals surface area contributed by atoms with Crippen LogP contribution in [0.15, 0.2) is 47.4 Å². The van der Waals surface area contributed by atoms with E-state index in [1.54, 1.807) is 26.2 Å². The van der Waals surface area contributed by atoms with Crippen molar-refractivity contribution < 1.29 is 13.2 Å². The van der Waals surface area contributed by atoms with Crippen molar-refractivity contribution >= 4 is 21.6 Å². The van der Waals surface area contributed by atoms with Gasteiger partial charge in [0, 0.05) is 17.0 Å². The molecule has 0 aromatic heterocycles. The Labute approximate surface area is 148 Å². The number of aryl methyl sites for hydroxylation is 1. The molecule has 0 aliphatic carbocycles. The summed E-state index contributed by atoms with van der Waals surface area (Å²) in [5.41, 5.74) is 1.40. The molecule has 0 aliphatic heterocycles. The minimum absolute atomic E-state index is 0.218. The zero-order chi connectivity index (χ0) is 18.0. The number of benzene rings is 2. The third-order valence-electron chi connectivity index (χ3n) is 4.02. The van der Waals surface area contributed by atoms with E-state index in [9.17, 15) is 8.42 Å². The average molecular weight is 368 g/mol. The third-order valence-corrected chi connectivity index (χ3v) is 5.84. The second-order valence-electron chi connectivity index (χ2n) is 6.35. The minimum atomic E-state index is -3.59. The van der Waals surface area contributed by atoms with Crippen LogP contribution in [-0.2, 0) is 15.4 Å². The van der Waals surface area contributed by atoms with Gasteiger partial charge in [0.25, 0.3) is 0 Å². The fraction of sp³-hybridized carbons (Fsp3) is 0.333. The molecule has 0 spiro atoms. The molecule has 2 aromatic rings. The van der Waals surface area contributed by atoms with Gasteiger partial charge in [-0.3, -0.25) is 0 Å². The lowest BCUT2D eigenvalue weighted by Gasteiger charge is -2.26. The topological polar surface area (TPSA) is 55.4 Å². The van der Waals surface area contributed by atoms with E-state index in [0.29, 0.717) is 5.02 Å². The van der Waals surface area contributed by atoms with Crippen LogP contribution in [0.4, 0.5) is 0 Å². The number of hydrogen-bond donors (Lipinski definition) is 1. The first-order valence-corrected chi connectivity index (χ1v) is 9.42. The second kappa shape index (κ2) is 7.13. The molecule has 0 radical (unpaired) electrons. The summed E-state index contributed by atoms with van der Waals surface area (Å²) in [6, 6.07) is 12.3. The van der Waals surface area contributed by atoms with E-state index in [0.717, 1.165) is 16.9 Å². The lowest BCUT2D eigenvalue weighted by Crippen LogP contribution is -2.36. The molecule has 0 bridgehead atoms. The van der Waals surface area contributed by atoms with E-state index in [-0.39, 0.29) is 16.9 Å². The van der Waals surface area contributed by atoms with E-state index in [4.69, 9.17) is 16.3 Å². The van der Waals surface area contributed by atoms with Crippen LogP contribution in [0.1, 0.15) is 25.0 Å². The van der Waals surface area contributed by atoms with Gasteiger partial charge in [-0.15, -0.1) is 0 Å². The van der Waals surface area contributed by atoms with Crippen molar-refractivity contribution in [1.29, 1.82) is 0 Å².